The highest BCUT2D eigenvalue weighted by Crippen LogP contribution is 2.36. The first kappa shape index (κ1) is 26.4. The summed E-state index contributed by atoms with van der Waals surface area (Å²) in [5.41, 5.74) is 0.0999. The maximum absolute atomic E-state index is 12.5. The van der Waals surface area contributed by atoms with Crippen molar-refractivity contribution in [3.8, 4) is 0 Å². The maximum atomic E-state index is 12.5. The Morgan fingerprint density at radius 3 is 2.11 bits per heavy atom. The fourth-order valence-electron chi connectivity index (χ4n) is 2.62. The molecule has 0 amide bonds. The summed E-state index contributed by atoms with van der Waals surface area (Å²) in [7, 11) is 0. The van der Waals surface area contributed by atoms with Gasteiger partial charge in [-0.25, -0.2) is 19.1 Å². The third kappa shape index (κ3) is 6.29. The van der Waals surface area contributed by atoms with Crippen LogP contribution in [0.5, 0.6) is 0 Å². The summed E-state index contributed by atoms with van der Waals surface area (Å²) in [6.07, 6.45) is 0. The highest BCUT2D eigenvalue weighted by molar-refractivity contribution is 8.01. The van der Waals surface area contributed by atoms with Crippen molar-refractivity contribution in [1.82, 2.24) is 34.2 Å². The second-order valence-electron chi connectivity index (χ2n) is 6.54. The second kappa shape index (κ2) is 12.5. The molecule has 1 atom stereocenters. The minimum absolute atomic E-state index is 0.0152. The molecular weight excluding hydrogens is 520 g/mol. The summed E-state index contributed by atoms with van der Waals surface area (Å²) in [4.78, 5) is 36.8. The van der Waals surface area contributed by atoms with Crippen LogP contribution in [-0.4, -0.2) is 78.4 Å². The van der Waals surface area contributed by atoms with Crippen LogP contribution in [0.3, 0.4) is 0 Å². The summed E-state index contributed by atoms with van der Waals surface area (Å²) in [6.45, 7) is 7.71. The molecular formula is C18H22N8O6S3. The molecule has 1 N–H and O–H groups in total. The molecule has 0 radical (unpaired) electrons. The van der Waals surface area contributed by atoms with Crippen molar-refractivity contribution in [3.63, 3.8) is 0 Å². The van der Waals surface area contributed by atoms with Crippen LogP contribution in [0.15, 0.2) is 9.24 Å². The van der Waals surface area contributed by atoms with Crippen molar-refractivity contribution in [2.45, 2.75) is 43.0 Å². The van der Waals surface area contributed by atoms with Crippen LogP contribution in [0.25, 0.3) is 0 Å². The van der Waals surface area contributed by atoms with Gasteiger partial charge in [0.25, 0.3) is 0 Å². The van der Waals surface area contributed by atoms with E-state index in [-0.39, 0.29) is 49.5 Å². The van der Waals surface area contributed by atoms with Crippen molar-refractivity contribution < 1.29 is 28.6 Å². The normalized spacial score (nSPS) is 11.7. The van der Waals surface area contributed by atoms with Crippen molar-refractivity contribution in [1.29, 1.82) is 0 Å². The number of aromatic nitrogens is 7. The molecule has 3 rings (SSSR count). The highest BCUT2D eigenvalue weighted by atomic mass is 32.2. The number of carbonyl (C=O) groups excluding carboxylic acids is 3. The van der Waals surface area contributed by atoms with Gasteiger partial charge in [-0.1, -0.05) is 26.0 Å². The number of esters is 3. The number of nitrogens with one attached hydrogen (secondary N) is 1. The van der Waals surface area contributed by atoms with Gasteiger partial charge in [-0.2, -0.15) is 0 Å². The Morgan fingerprint density at radius 1 is 0.886 bits per heavy atom. The zero-order valence-electron chi connectivity index (χ0n) is 19.2. The summed E-state index contributed by atoms with van der Waals surface area (Å²) < 4.78 is 24.7. The predicted molar refractivity (Wildman–Crippen MR) is 125 cm³/mol. The Balaban J connectivity index is 1.86. The summed E-state index contributed by atoms with van der Waals surface area (Å²) >= 11 is 3.05. The van der Waals surface area contributed by atoms with E-state index in [0.717, 1.165) is 34.8 Å². The molecule has 0 aliphatic heterocycles. The first-order valence-electron chi connectivity index (χ1n) is 10.4. The molecule has 0 spiro atoms. The smallest absolute Gasteiger partial charge is 0.362 e. The van der Waals surface area contributed by atoms with Gasteiger partial charge >= 0.3 is 17.9 Å². The van der Waals surface area contributed by atoms with Crippen molar-refractivity contribution in [2.24, 2.45) is 0 Å². The number of ether oxygens (including phenoxy) is 3. The van der Waals surface area contributed by atoms with E-state index in [2.05, 4.69) is 34.8 Å². The lowest BCUT2D eigenvalue weighted by Gasteiger charge is -2.15. The first-order valence-corrected chi connectivity index (χ1v) is 12.8. The van der Waals surface area contributed by atoms with Gasteiger partial charge in [0.05, 0.1) is 25.9 Å². The molecule has 17 heteroatoms. The van der Waals surface area contributed by atoms with Gasteiger partial charge in [-0.3, -0.25) is 0 Å². The molecule has 188 valence electrons. The molecule has 0 bridgehead atoms. The predicted octanol–water partition coefficient (Wildman–Crippen LogP) is 2.34. The number of nitrogens with zero attached hydrogens (tertiary/aromatic N) is 7. The van der Waals surface area contributed by atoms with E-state index in [4.69, 9.17) is 14.2 Å². The van der Waals surface area contributed by atoms with Gasteiger partial charge < -0.3 is 19.5 Å². The minimum Gasteiger partial charge on any atom is -0.461 e. The number of hydrogen-bond donors (Lipinski definition) is 1. The lowest BCUT2D eigenvalue weighted by atomic mass is 10.3. The van der Waals surface area contributed by atoms with E-state index in [1.807, 2.05) is 6.92 Å². The SMILES string of the molecule is CCOC(=O)c1nnsc1NC[C@@H](C)n1nnc(C(=O)OCC)c1Sc1snnc1C(=O)OCC. The Hall–Kier alpha value is -3.18. The van der Waals surface area contributed by atoms with Crippen molar-refractivity contribution in [2.75, 3.05) is 31.7 Å². The van der Waals surface area contributed by atoms with Crippen LogP contribution in [0.1, 0.15) is 65.2 Å². The molecule has 0 unspecified atom stereocenters. The molecule has 0 aliphatic rings. The average molecular weight is 543 g/mol. The second-order valence-corrected chi connectivity index (χ2v) is 9.31. The Morgan fingerprint density at radius 2 is 1.46 bits per heavy atom. The number of hydrogen-bond acceptors (Lipinski definition) is 16. The fraction of sp³-hybridized carbons (Fsp3) is 0.500. The summed E-state index contributed by atoms with van der Waals surface area (Å²) in [5, 5.41) is 19.7. The van der Waals surface area contributed by atoms with Crippen LogP contribution in [-0.2, 0) is 14.2 Å². The number of anilines is 1. The highest BCUT2D eigenvalue weighted by Gasteiger charge is 2.28. The molecule has 3 aromatic rings. The van der Waals surface area contributed by atoms with Crippen molar-refractivity contribution >= 4 is 57.7 Å². The van der Waals surface area contributed by atoms with E-state index in [9.17, 15) is 14.4 Å². The Kier molecular flexibility index (Phi) is 9.44. The first-order chi connectivity index (χ1) is 16.9. The molecule has 0 aliphatic carbocycles. The van der Waals surface area contributed by atoms with Gasteiger partial charge in [0.1, 0.15) is 14.2 Å². The number of carbonyl (C=O) groups is 3. The van der Waals surface area contributed by atoms with E-state index in [1.165, 1.54) is 4.68 Å². The van der Waals surface area contributed by atoms with Gasteiger partial charge in [0.2, 0.25) is 11.4 Å². The maximum Gasteiger partial charge on any atom is 0.362 e. The zero-order chi connectivity index (χ0) is 25.4. The quantitative estimate of drug-likeness (QED) is 0.261. The Labute approximate surface area is 212 Å². The van der Waals surface area contributed by atoms with Crippen LogP contribution < -0.4 is 5.32 Å². The lowest BCUT2D eigenvalue weighted by molar-refractivity contribution is 0.0506. The third-order valence-electron chi connectivity index (χ3n) is 4.17. The number of rotatable bonds is 12. The van der Waals surface area contributed by atoms with Gasteiger partial charge in [-0.15, -0.1) is 15.3 Å². The van der Waals surface area contributed by atoms with Crippen LogP contribution >= 0.6 is 34.8 Å². The van der Waals surface area contributed by atoms with Crippen molar-refractivity contribution in [3.05, 3.63) is 17.1 Å². The van der Waals surface area contributed by atoms with Crippen LogP contribution in [0.4, 0.5) is 5.00 Å². The van der Waals surface area contributed by atoms with E-state index in [1.54, 1.807) is 20.8 Å². The summed E-state index contributed by atoms with van der Waals surface area (Å²) in [5.74, 6) is -1.87. The molecule has 14 nitrogen and oxygen atoms in total. The molecule has 3 heterocycles. The van der Waals surface area contributed by atoms with E-state index in [0.29, 0.717) is 14.2 Å². The molecule has 3 aromatic heterocycles. The monoisotopic (exact) mass is 542 g/mol. The van der Waals surface area contributed by atoms with Gasteiger partial charge in [0.15, 0.2) is 5.69 Å². The largest absolute Gasteiger partial charge is 0.461 e. The lowest BCUT2D eigenvalue weighted by Crippen LogP contribution is -2.19. The topological polar surface area (TPSA) is 173 Å². The molecule has 0 saturated heterocycles. The van der Waals surface area contributed by atoms with E-state index < -0.39 is 17.9 Å². The van der Waals surface area contributed by atoms with Gasteiger partial charge in [-0.05, 0) is 39.2 Å². The minimum atomic E-state index is -0.659. The summed E-state index contributed by atoms with van der Waals surface area (Å²) in [6, 6.07) is -0.364. The van der Waals surface area contributed by atoms with E-state index >= 15 is 0 Å². The third-order valence-corrected chi connectivity index (χ3v) is 6.80. The molecule has 35 heavy (non-hydrogen) atoms. The average Bonchev–Trinajstić information content (AvgIpc) is 3.58. The van der Waals surface area contributed by atoms with Gasteiger partial charge in [0, 0.05) is 18.1 Å². The molecule has 0 fully saturated rings. The zero-order valence-corrected chi connectivity index (χ0v) is 21.7. The van der Waals surface area contributed by atoms with Crippen LogP contribution in [0, 0.1) is 0 Å². The fourth-order valence-corrected chi connectivity index (χ4v) is 5.01. The Bertz CT molecular complexity index is 1180. The molecule has 0 aromatic carbocycles. The molecule has 0 saturated carbocycles. The standard InChI is InChI=1S/C18H22N8O6S3/c1-5-30-15(27)10-13(34-24-21-10)19-8-9(4)26-14(11(20-23-26)16(28)31-6-2)33-18-12(22-25-35-18)17(29)32-7-3/h9,19H,5-8H2,1-4H3/t9-/m1/s1. The van der Waals surface area contributed by atoms with Crippen LogP contribution in [0.2, 0.25) is 0 Å².